The first-order chi connectivity index (χ1) is 10.5. The Bertz CT molecular complexity index is 436. The Morgan fingerprint density at radius 1 is 1.05 bits per heavy atom. The molecule has 0 aliphatic heterocycles. The quantitative estimate of drug-likeness (QED) is 0.687. The summed E-state index contributed by atoms with van der Waals surface area (Å²) < 4.78 is 5.80. The molecule has 2 rings (SSSR count). The normalized spacial score (nSPS) is 21.2. The van der Waals surface area contributed by atoms with E-state index in [0.29, 0.717) is 25.8 Å². The van der Waals surface area contributed by atoms with Gasteiger partial charge >= 0.3 is 143 Å². The molecule has 0 spiro atoms. The Labute approximate surface area is 142 Å². The molecule has 22 heavy (non-hydrogen) atoms. The van der Waals surface area contributed by atoms with Crippen LogP contribution in [0.4, 0.5) is 0 Å². The molecule has 5 radical (unpaired) electrons. The summed E-state index contributed by atoms with van der Waals surface area (Å²) in [6.07, 6.45) is 6.89. The fourth-order valence-corrected chi connectivity index (χ4v) is 5.43. The minimum absolute atomic E-state index is 0.165. The summed E-state index contributed by atoms with van der Waals surface area (Å²) in [5.74, 6) is 1.46. The van der Waals surface area contributed by atoms with E-state index < -0.39 is 0 Å². The van der Waals surface area contributed by atoms with Crippen molar-refractivity contribution in [1.29, 1.82) is 0 Å². The molecule has 0 unspecified atom stereocenters. The van der Waals surface area contributed by atoms with E-state index in [2.05, 4.69) is 82.4 Å². The second-order valence-electron chi connectivity index (χ2n) is 5.87. The Morgan fingerprint density at radius 3 is 2.32 bits per heavy atom. The molecule has 2 nitrogen and oxygen atoms in total. The number of methoxy groups -OCH3 is 1. The van der Waals surface area contributed by atoms with Crippen molar-refractivity contribution in [2.75, 3.05) is 21.2 Å². The summed E-state index contributed by atoms with van der Waals surface area (Å²) in [6.45, 7) is 4.57. The average molecular weight is 363 g/mol. The van der Waals surface area contributed by atoms with Gasteiger partial charge in [0.2, 0.25) is 0 Å². The summed E-state index contributed by atoms with van der Waals surface area (Å²) in [4.78, 5) is 4.26. The number of hydrogen-bond acceptors (Lipinski definition) is 2. The molecule has 0 bridgehead atoms. The van der Waals surface area contributed by atoms with Crippen molar-refractivity contribution in [3.05, 3.63) is 65.9 Å². The van der Waals surface area contributed by atoms with Crippen LogP contribution >= 0.6 is 0 Å². The summed E-state index contributed by atoms with van der Waals surface area (Å²) in [7, 11) is 6.10. The molecule has 3 heteroatoms. The Kier molecular flexibility index (Phi) is 6.95. The van der Waals surface area contributed by atoms with Crippen LogP contribution in [0.2, 0.25) is 4.82 Å². The maximum absolute atomic E-state index is 5.80. The fraction of sp³-hybridized carbons (Fsp3) is 0.421. The Balaban J connectivity index is 2.02. The molecule has 0 saturated heterocycles. The summed E-state index contributed by atoms with van der Waals surface area (Å²) in [5.41, 5.74) is 1.27. The topological polar surface area (TPSA) is 12.5 Å². The third-order valence-electron chi connectivity index (χ3n) is 4.15. The van der Waals surface area contributed by atoms with Gasteiger partial charge in [-0.3, -0.25) is 0 Å². The van der Waals surface area contributed by atoms with Crippen molar-refractivity contribution in [1.82, 2.24) is 4.90 Å². The zero-order valence-electron chi connectivity index (χ0n) is 14.1. The van der Waals surface area contributed by atoms with Crippen molar-refractivity contribution < 1.29 is 4.74 Å². The van der Waals surface area contributed by atoms with Crippen molar-refractivity contribution >= 4 is 15.0 Å². The van der Waals surface area contributed by atoms with Gasteiger partial charge in [0.15, 0.2) is 0 Å². The monoisotopic (exact) mass is 364 g/mol. The summed E-state index contributed by atoms with van der Waals surface area (Å²) in [5, 5.41) is 0. The average Bonchev–Trinajstić information content (AvgIpc) is 2.96. The summed E-state index contributed by atoms with van der Waals surface area (Å²) in [6, 6.07) is 11.0. The van der Waals surface area contributed by atoms with Crippen molar-refractivity contribution in [2.45, 2.75) is 30.8 Å². The number of hydrogen-bond donors (Lipinski definition) is 0. The first-order valence-electron chi connectivity index (χ1n) is 7.71. The zero-order chi connectivity index (χ0) is 16.1. The van der Waals surface area contributed by atoms with E-state index in [1.807, 2.05) is 7.11 Å². The van der Waals surface area contributed by atoms with Crippen molar-refractivity contribution in [3.8, 4) is 0 Å². The first-order valence-corrected chi connectivity index (χ1v) is 9.55. The van der Waals surface area contributed by atoms with Crippen LogP contribution in [0.1, 0.15) is 25.5 Å². The maximum atomic E-state index is 5.80. The second kappa shape index (κ2) is 8.49. The predicted octanol–water partition coefficient (Wildman–Crippen LogP) is 3.57. The third kappa shape index (κ3) is 4.35. The van der Waals surface area contributed by atoms with Crippen LogP contribution in [-0.4, -0.2) is 47.1 Å². The molecule has 119 valence electrons. The van der Waals surface area contributed by atoms with Gasteiger partial charge in [-0.15, -0.1) is 0 Å². The first kappa shape index (κ1) is 18.0. The van der Waals surface area contributed by atoms with Crippen molar-refractivity contribution in [3.63, 3.8) is 0 Å². The molecule has 0 N–H and O–H groups in total. The van der Waals surface area contributed by atoms with Gasteiger partial charge in [-0.05, 0) is 0 Å². The van der Waals surface area contributed by atoms with Crippen LogP contribution < -0.4 is 0 Å². The van der Waals surface area contributed by atoms with Crippen LogP contribution in [-0.2, 0) is 4.74 Å². The van der Waals surface area contributed by atoms with Crippen LogP contribution in [0, 0.1) is 30.0 Å². The number of ether oxygens (including phenoxy) is 1. The van der Waals surface area contributed by atoms with E-state index in [1.165, 1.54) is 16.3 Å². The van der Waals surface area contributed by atoms with E-state index in [-0.39, 0.29) is 6.10 Å². The van der Waals surface area contributed by atoms with Crippen LogP contribution in [0.3, 0.4) is 0 Å². The molecule has 0 aromatic heterocycles. The Morgan fingerprint density at radius 2 is 1.73 bits per heavy atom. The van der Waals surface area contributed by atoms with Crippen LogP contribution in [0.5, 0.6) is 0 Å². The second-order valence-corrected chi connectivity index (χ2v) is 8.85. The number of rotatable bonds is 7. The standard InChI is InChI=1S/C19H26NOSe/c1-14(20(3)4)17-12-9-13-18(17)22-15(2)19(21-5)16-10-7-6-8-11-16/h6-15,19H,1-5H3/t14-,15+,19+/m1/s1. The molecular formula is C19H26NOSe. The van der Waals surface area contributed by atoms with Crippen LogP contribution in [0.15, 0.2) is 30.3 Å². The molecular weight excluding hydrogens is 337 g/mol. The zero-order valence-corrected chi connectivity index (χ0v) is 15.8. The molecule has 1 aromatic rings. The van der Waals surface area contributed by atoms with Crippen LogP contribution in [0.25, 0.3) is 0 Å². The van der Waals surface area contributed by atoms with Gasteiger partial charge in [-0.25, -0.2) is 0 Å². The summed E-state index contributed by atoms with van der Waals surface area (Å²) >= 11 is 0.389. The SMILES string of the molecule is CO[C@H](c1ccccc1)[C@H](C)[Se][C]1[CH][CH][CH][C]1[C@@H](C)N(C)C. The van der Waals surface area contributed by atoms with Gasteiger partial charge in [-0.1, -0.05) is 0 Å². The van der Waals surface area contributed by atoms with Gasteiger partial charge in [0.05, 0.1) is 0 Å². The van der Waals surface area contributed by atoms with Crippen molar-refractivity contribution in [2.24, 2.45) is 0 Å². The third-order valence-corrected chi connectivity index (χ3v) is 6.77. The molecule has 1 aromatic carbocycles. The minimum atomic E-state index is 0.165. The van der Waals surface area contributed by atoms with E-state index in [1.54, 1.807) is 0 Å². The van der Waals surface area contributed by atoms with Gasteiger partial charge < -0.3 is 0 Å². The van der Waals surface area contributed by atoms with Gasteiger partial charge in [0.1, 0.15) is 0 Å². The van der Waals surface area contributed by atoms with E-state index >= 15 is 0 Å². The Hall–Kier alpha value is -0.341. The van der Waals surface area contributed by atoms with Gasteiger partial charge in [0, 0.05) is 0 Å². The molecule has 1 aliphatic rings. The fourth-order valence-electron chi connectivity index (χ4n) is 2.65. The molecule has 3 atom stereocenters. The van der Waals surface area contributed by atoms with E-state index in [4.69, 9.17) is 4.74 Å². The van der Waals surface area contributed by atoms with Gasteiger partial charge in [-0.2, -0.15) is 0 Å². The van der Waals surface area contributed by atoms with E-state index in [0.717, 1.165) is 0 Å². The molecule has 1 saturated carbocycles. The van der Waals surface area contributed by atoms with E-state index in [9.17, 15) is 0 Å². The van der Waals surface area contributed by atoms with Gasteiger partial charge in [0.25, 0.3) is 0 Å². The number of nitrogens with zero attached hydrogens (tertiary/aromatic N) is 1. The molecule has 0 amide bonds. The molecule has 1 fully saturated rings. The number of benzene rings is 1. The predicted molar refractivity (Wildman–Crippen MR) is 93.9 cm³/mol. The molecule has 1 aliphatic carbocycles. The molecule has 0 heterocycles.